The molecule has 0 radical (unpaired) electrons. The van der Waals surface area contributed by atoms with Gasteiger partial charge in [-0.2, -0.15) is 0 Å². The molecule has 1 unspecified atom stereocenters. The molecule has 0 spiro atoms. The maximum atomic E-state index is 5.60. The second-order valence-electron chi connectivity index (χ2n) is 4.11. The number of hydrogen-bond acceptors (Lipinski definition) is 3. The molecule has 1 fully saturated rings. The summed E-state index contributed by atoms with van der Waals surface area (Å²) in [4.78, 5) is 4.89. The van der Waals surface area contributed by atoms with Crippen molar-refractivity contribution in [3.63, 3.8) is 0 Å². The Labute approximate surface area is 81.9 Å². The van der Waals surface area contributed by atoms with Crippen LogP contribution in [0.4, 0.5) is 0 Å². The molecular formula is C10H23N3. The second-order valence-corrected chi connectivity index (χ2v) is 4.11. The standard InChI is InChI=1S/C10H23N3/c1-10(9-11)12(2)7-8-13-5-3-4-6-13/h10H,3-9,11H2,1-2H3. The minimum absolute atomic E-state index is 0.516. The van der Waals surface area contributed by atoms with Crippen LogP contribution in [-0.2, 0) is 0 Å². The molecule has 1 aliphatic heterocycles. The van der Waals surface area contributed by atoms with Crippen LogP contribution in [0.1, 0.15) is 19.8 Å². The van der Waals surface area contributed by atoms with Crippen molar-refractivity contribution in [1.82, 2.24) is 9.80 Å². The molecule has 0 aromatic rings. The molecule has 3 nitrogen and oxygen atoms in total. The molecule has 0 amide bonds. The van der Waals surface area contributed by atoms with Gasteiger partial charge in [0, 0.05) is 25.7 Å². The largest absolute Gasteiger partial charge is 0.329 e. The van der Waals surface area contributed by atoms with Crippen LogP contribution >= 0.6 is 0 Å². The summed E-state index contributed by atoms with van der Waals surface area (Å²) < 4.78 is 0. The molecule has 78 valence electrons. The Morgan fingerprint density at radius 2 is 2.00 bits per heavy atom. The van der Waals surface area contributed by atoms with Crippen LogP contribution in [-0.4, -0.2) is 55.6 Å². The Bertz CT molecular complexity index is 132. The van der Waals surface area contributed by atoms with E-state index in [2.05, 4.69) is 23.8 Å². The Hall–Kier alpha value is -0.120. The van der Waals surface area contributed by atoms with Gasteiger partial charge in [0.25, 0.3) is 0 Å². The lowest BCUT2D eigenvalue weighted by Gasteiger charge is -2.25. The molecule has 0 aliphatic carbocycles. The van der Waals surface area contributed by atoms with E-state index in [1.54, 1.807) is 0 Å². The van der Waals surface area contributed by atoms with Gasteiger partial charge in [-0.3, -0.25) is 0 Å². The number of rotatable bonds is 5. The molecule has 0 saturated carbocycles. The highest BCUT2D eigenvalue weighted by atomic mass is 15.2. The van der Waals surface area contributed by atoms with Gasteiger partial charge >= 0.3 is 0 Å². The van der Waals surface area contributed by atoms with E-state index in [1.807, 2.05) is 0 Å². The normalized spacial score (nSPS) is 21.2. The van der Waals surface area contributed by atoms with Crippen molar-refractivity contribution in [2.75, 3.05) is 39.8 Å². The minimum atomic E-state index is 0.516. The predicted octanol–water partition coefficient (Wildman–Crippen LogP) is 0.361. The molecule has 1 heterocycles. The highest BCUT2D eigenvalue weighted by molar-refractivity contribution is 4.70. The van der Waals surface area contributed by atoms with Crippen molar-refractivity contribution in [1.29, 1.82) is 0 Å². The lowest BCUT2D eigenvalue weighted by atomic mass is 10.3. The van der Waals surface area contributed by atoms with Crippen LogP contribution in [0.25, 0.3) is 0 Å². The maximum Gasteiger partial charge on any atom is 0.0187 e. The van der Waals surface area contributed by atoms with Crippen molar-refractivity contribution < 1.29 is 0 Å². The smallest absolute Gasteiger partial charge is 0.0187 e. The van der Waals surface area contributed by atoms with Crippen LogP contribution in [0.3, 0.4) is 0 Å². The number of likely N-dealkylation sites (tertiary alicyclic amines) is 1. The number of hydrogen-bond donors (Lipinski definition) is 1. The number of nitrogens with zero attached hydrogens (tertiary/aromatic N) is 2. The Morgan fingerprint density at radius 3 is 2.54 bits per heavy atom. The molecule has 0 bridgehead atoms. The summed E-state index contributed by atoms with van der Waals surface area (Å²) in [6, 6.07) is 0.516. The van der Waals surface area contributed by atoms with Crippen molar-refractivity contribution in [2.24, 2.45) is 5.73 Å². The van der Waals surface area contributed by atoms with Gasteiger partial charge in [0.15, 0.2) is 0 Å². The topological polar surface area (TPSA) is 32.5 Å². The van der Waals surface area contributed by atoms with Crippen LogP contribution in [0, 0.1) is 0 Å². The first-order valence-corrected chi connectivity index (χ1v) is 5.36. The first-order chi connectivity index (χ1) is 6.24. The van der Waals surface area contributed by atoms with Gasteiger partial charge in [0.1, 0.15) is 0 Å². The van der Waals surface area contributed by atoms with Crippen molar-refractivity contribution >= 4 is 0 Å². The van der Waals surface area contributed by atoms with E-state index in [0.29, 0.717) is 6.04 Å². The highest BCUT2D eigenvalue weighted by Crippen LogP contribution is 2.06. The second kappa shape index (κ2) is 5.58. The van der Waals surface area contributed by atoms with Crippen LogP contribution < -0.4 is 5.73 Å². The Morgan fingerprint density at radius 1 is 1.38 bits per heavy atom. The van der Waals surface area contributed by atoms with E-state index >= 15 is 0 Å². The fourth-order valence-electron chi connectivity index (χ4n) is 1.71. The third-order valence-corrected chi connectivity index (χ3v) is 3.06. The average Bonchev–Trinajstić information content (AvgIpc) is 2.65. The molecule has 0 aromatic heterocycles. The molecule has 1 atom stereocenters. The average molecular weight is 185 g/mol. The third kappa shape index (κ3) is 3.63. The van der Waals surface area contributed by atoms with Crippen molar-refractivity contribution in [3.8, 4) is 0 Å². The third-order valence-electron chi connectivity index (χ3n) is 3.06. The Balaban J connectivity index is 2.10. The van der Waals surface area contributed by atoms with Gasteiger partial charge in [-0.25, -0.2) is 0 Å². The number of nitrogens with two attached hydrogens (primary N) is 1. The fourth-order valence-corrected chi connectivity index (χ4v) is 1.71. The molecule has 1 saturated heterocycles. The quantitative estimate of drug-likeness (QED) is 0.671. The van der Waals surface area contributed by atoms with E-state index in [-0.39, 0.29) is 0 Å². The number of likely N-dealkylation sites (N-methyl/N-ethyl adjacent to an activating group) is 1. The van der Waals surface area contributed by atoms with Gasteiger partial charge < -0.3 is 15.5 Å². The lowest BCUT2D eigenvalue weighted by molar-refractivity contribution is 0.218. The SMILES string of the molecule is CC(CN)N(C)CCN1CCCC1. The lowest BCUT2D eigenvalue weighted by Crippen LogP contribution is -2.40. The van der Waals surface area contributed by atoms with E-state index in [0.717, 1.165) is 13.1 Å². The summed E-state index contributed by atoms with van der Waals surface area (Å²) in [6.45, 7) is 7.90. The van der Waals surface area contributed by atoms with Crippen LogP contribution in [0.15, 0.2) is 0 Å². The van der Waals surface area contributed by atoms with E-state index in [1.165, 1.54) is 32.5 Å². The zero-order valence-electron chi connectivity index (χ0n) is 9.00. The van der Waals surface area contributed by atoms with Gasteiger partial charge in [-0.1, -0.05) is 0 Å². The van der Waals surface area contributed by atoms with E-state index < -0.39 is 0 Å². The molecule has 1 aliphatic rings. The van der Waals surface area contributed by atoms with Gasteiger partial charge in [-0.15, -0.1) is 0 Å². The van der Waals surface area contributed by atoms with Gasteiger partial charge in [0.05, 0.1) is 0 Å². The first-order valence-electron chi connectivity index (χ1n) is 5.36. The minimum Gasteiger partial charge on any atom is -0.329 e. The van der Waals surface area contributed by atoms with E-state index in [9.17, 15) is 0 Å². The van der Waals surface area contributed by atoms with Gasteiger partial charge in [-0.05, 0) is 39.9 Å². The summed E-state index contributed by atoms with van der Waals surface area (Å²) in [6.07, 6.45) is 2.77. The molecule has 13 heavy (non-hydrogen) atoms. The monoisotopic (exact) mass is 185 g/mol. The molecule has 3 heteroatoms. The van der Waals surface area contributed by atoms with Crippen LogP contribution in [0.5, 0.6) is 0 Å². The zero-order valence-corrected chi connectivity index (χ0v) is 9.00. The van der Waals surface area contributed by atoms with Gasteiger partial charge in [0.2, 0.25) is 0 Å². The van der Waals surface area contributed by atoms with Crippen molar-refractivity contribution in [3.05, 3.63) is 0 Å². The maximum absolute atomic E-state index is 5.60. The summed E-state index contributed by atoms with van der Waals surface area (Å²) in [5, 5.41) is 0. The predicted molar refractivity (Wildman–Crippen MR) is 56.8 cm³/mol. The molecule has 0 aromatic carbocycles. The Kier molecular flexibility index (Phi) is 4.70. The zero-order chi connectivity index (χ0) is 9.68. The van der Waals surface area contributed by atoms with Crippen LogP contribution in [0.2, 0.25) is 0 Å². The van der Waals surface area contributed by atoms with Crippen molar-refractivity contribution in [2.45, 2.75) is 25.8 Å². The molecule has 2 N–H and O–H groups in total. The summed E-state index contributed by atoms with van der Waals surface area (Å²) >= 11 is 0. The molecule has 1 rings (SSSR count). The summed E-state index contributed by atoms with van der Waals surface area (Å²) in [5.74, 6) is 0. The fraction of sp³-hybridized carbons (Fsp3) is 1.00. The highest BCUT2D eigenvalue weighted by Gasteiger charge is 2.13. The molecular weight excluding hydrogens is 162 g/mol. The first kappa shape index (κ1) is 11.0. The van der Waals surface area contributed by atoms with E-state index in [4.69, 9.17) is 5.73 Å². The summed E-state index contributed by atoms with van der Waals surface area (Å²) in [5.41, 5.74) is 5.60. The summed E-state index contributed by atoms with van der Waals surface area (Å²) in [7, 11) is 2.16.